The highest BCUT2D eigenvalue weighted by molar-refractivity contribution is 7.13. The van der Waals surface area contributed by atoms with Gasteiger partial charge in [-0.2, -0.15) is 4.68 Å². The van der Waals surface area contributed by atoms with Crippen molar-refractivity contribution in [2.45, 2.75) is 19.9 Å². The van der Waals surface area contributed by atoms with E-state index in [9.17, 15) is 9.59 Å². The molecule has 0 spiro atoms. The molecule has 0 unspecified atom stereocenters. The van der Waals surface area contributed by atoms with Gasteiger partial charge in [-0.1, -0.05) is 37.3 Å². The molecule has 0 bridgehead atoms. The summed E-state index contributed by atoms with van der Waals surface area (Å²) in [5.74, 6) is -0.549. The van der Waals surface area contributed by atoms with Gasteiger partial charge in [0.25, 0.3) is 5.89 Å². The van der Waals surface area contributed by atoms with Crippen LogP contribution in [0.4, 0.5) is 0 Å². The monoisotopic (exact) mass is 314 g/mol. The number of rotatable bonds is 5. The molecule has 0 atom stereocenters. The Kier molecular flexibility index (Phi) is 4.02. The predicted molar refractivity (Wildman–Crippen MR) is 84.2 cm³/mol. The minimum absolute atomic E-state index is 0.126. The fourth-order valence-corrected chi connectivity index (χ4v) is 2.70. The number of hydrogen-bond donors (Lipinski definition) is 0. The largest absolute Gasteiger partial charge is 0.437 e. The van der Waals surface area contributed by atoms with Gasteiger partial charge in [0.05, 0.1) is 4.88 Å². The molecule has 2 heterocycles. The lowest BCUT2D eigenvalue weighted by Gasteiger charge is -2.01. The van der Waals surface area contributed by atoms with E-state index < -0.39 is 5.76 Å². The molecule has 0 radical (unpaired) electrons. The second-order valence-electron chi connectivity index (χ2n) is 4.78. The molecule has 0 amide bonds. The summed E-state index contributed by atoms with van der Waals surface area (Å²) in [6.45, 7) is 1.93. The number of aryl methyl sites for hydroxylation is 1. The average molecular weight is 314 g/mol. The number of Topliss-reactive ketones (excluding diaryl/α,β-unsaturated/α-hetero) is 1. The second-order valence-corrected chi connectivity index (χ2v) is 5.73. The van der Waals surface area contributed by atoms with E-state index in [1.165, 1.54) is 11.3 Å². The summed E-state index contributed by atoms with van der Waals surface area (Å²) in [7, 11) is 0. The molecule has 5 nitrogen and oxygen atoms in total. The molecule has 0 aliphatic rings. The Bertz CT molecular complexity index is 829. The normalized spacial score (nSPS) is 10.8. The van der Waals surface area contributed by atoms with Crippen molar-refractivity contribution in [3.05, 3.63) is 63.5 Å². The summed E-state index contributed by atoms with van der Waals surface area (Å²) in [6.07, 6.45) is 0.918. The number of carbonyl (C=O) groups is 1. The van der Waals surface area contributed by atoms with Gasteiger partial charge in [-0.25, -0.2) is 4.79 Å². The van der Waals surface area contributed by atoms with E-state index >= 15 is 0 Å². The van der Waals surface area contributed by atoms with Crippen LogP contribution in [0.2, 0.25) is 0 Å². The number of thiophene rings is 1. The zero-order valence-corrected chi connectivity index (χ0v) is 12.8. The third-order valence-corrected chi connectivity index (χ3v) is 4.17. The first-order valence-electron chi connectivity index (χ1n) is 6.91. The Morgan fingerprint density at radius 3 is 2.68 bits per heavy atom. The van der Waals surface area contributed by atoms with Crippen LogP contribution in [-0.2, 0) is 13.0 Å². The van der Waals surface area contributed by atoms with Crippen LogP contribution >= 0.6 is 11.3 Å². The molecule has 0 aliphatic carbocycles. The van der Waals surface area contributed by atoms with Crippen LogP contribution in [0.5, 0.6) is 0 Å². The second kappa shape index (κ2) is 6.11. The smallest absolute Gasteiger partial charge is 0.387 e. The summed E-state index contributed by atoms with van der Waals surface area (Å²) in [5.41, 5.74) is 1.72. The fraction of sp³-hybridized carbons (Fsp3) is 0.188. The van der Waals surface area contributed by atoms with E-state index in [1.807, 2.05) is 29.6 Å². The summed E-state index contributed by atoms with van der Waals surface area (Å²) >= 11 is 1.42. The number of aromatic nitrogens is 2. The van der Waals surface area contributed by atoms with E-state index in [0.717, 1.165) is 21.5 Å². The first kappa shape index (κ1) is 14.5. The molecule has 3 rings (SSSR count). The van der Waals surface area contributed by atoms with Crippen LogP contribution in [0.3, 0.4) is 0 Å². The zero-order chi connectivity index (χ0) is 15.5. The molecular formula is C16H14N2O3S. The molecule has 0 aliphatic heterocycles. The van der Waals surface area contributed by atoms with Gasteiger partial charge in [0.15, 0.2) is 5.78 Å². The van der Waals surface area contributed by atoms with Gasteiger partial charge in [-0.05, 0) is 23.4 Å². The number of nitrogens with zero attached hydrogens (tertiary/aromatic N) is 2. The summed E-state index contributed by atoms with van der Waals surface area (Å²) in [6, 6.07) is 11.0. The molecule has 0 fully saturated rings. The van der Waals surface area contributed by atoms with E-state index in [2.05, 4.69) is 12.0 Å². The molecule has 22 heavy (non-hydrogen) atoms. The summed E-state index contributed by atoms with van der Waals surface area (Å²) in [4.78, 5) is 24.8. The minimum Gasteiger partial charge on any atom is -0.387 e. The highest BCUT2D eigenvalue weighted by Crippen LogP contribution is 2.21. The first-order valence-corrected chi connectivity index (χ1v) is 7.79. The molecule has 0 saturated carbocycles. The lowest BCUT2D eigenvalue weighted by Crippen LogP contribution is -2.21. The summed E-state index contributed by atoms with van der Waals surface area (Å²) in [5, 5.41) is 5.95. The number of ketones is 1. The van der Waals surface area contributed by atoms with Gasteiger partial charge in [0.1, 0.15) is 6.54 Å². The Morgan fingerprint density at radius 2 is 2.05 bits per heavy atom. The Balaban J connectivity index is 1.80. The van der Waals surface area contributed by atoms with Crippen molar-refractivity contribution >= 4 is 17.1 Å². The maximum Gasteiger partial charge on any atom is 0.437 e. The molecule has 112 valence electrons. The van der Waals surface area contributed by atoms with E-state index in [-0.39, 0.29) is 18.2 Å². The first-order chi connectivity index (χ1) is 10.7. The average Bonchev–Trinajstić information content (AvgIpc) is 3.18. The van der Waals surface area contributed by atoms with Crippen molar-refractivity contribution in [3.8, 4) is 10.8 Å². The number of hydrogen-bond acceptors (Lipinski definition) is 5. The molecule has 2 aromatic heterocycles. The maximum atomic E-state index is 12.2. The Hall–Kier alpha value is -2.47. The maximum absolute atomic E-state index is 12.2. The highest BCUT2D eigenvalue weighted by atomic mass is 32.1. The predicted octanol–water partition coefficient (Wildman–Crippen LogP) is 3.01. The van der Waals surface area contributed by atoms with Gasteiger partial charge in [0.2, 0.25) is 0 Å². The van der Waals surface area contributed by atoms with Crippen LogP contribution in [0, 0.1) is 0 Å². The standard InChI is InChI=1S/C16H14N2O3S/c1-2-11-5-7-12(8-6-11)13(19)10-18-16(20)21-15(17-18)14-4-3-9-22-14/h3-9H,2,10H2,1H3. The van der Waals surface area contributed by atoms with Crippen molar-refractivity contribution in [3.63, 3.8) is 0 Å². The van der Waals surface area contributed by atoms with Gasteiger partial charge in [-0.15, -0.1) is 16.4 Å². The fourth-order valence-electron chi connectivity index (χ4n) is 2.06. The van der Waals surface area contributed by atoms with Crippen LogP contribution in [-0.4, -0.2) is 15.6 Å². The molecule has 0 N–H and O–H groups in total. The Morgan fingerprint density at radius 1 is 1.27 bits per heavy atom. The van der Waals surface area contributed by atoms with Crippen molar-refractivity contribution in [2.75, 3.05) is 0 Å². The third-order valence-electron chi connectivity index (χ3n) is 3.32. The van der Waals surface area contributed by atoms with E-state index in [1.54, 1.807) is 12.1 Å². The zero-order valence-electron chi connectivity index (χ0n) is 12.0. The van der Waals surface area contributed by atoms with Crippen molar-refractivity contribution < 1.29 is 9.21 Å². The van der Waals surface area contributed by atoms with Crippen molar-refractivity contribution in [1.82, 2.24) is 9.78 Å². The Labute approximate surface area is 130 Å². The topological polar surface area (TPSA) is 65.1 Å². The van der Waals surface area contributed by atoms with Gasteiger partial charge < -0.3 is 4.42 Å². The SMILES string of the molecule is CCc1ccc(C(=O)Cn2nc(-c3cccs3)oc2=O)cc1. The van der Waals surface area contributed by atoms with Crippen molar-refractivity contribution in [2.24, 2.45) is 0 Å². The number of carbonyl (C=O) groups excluding carboxylic acids is 1. The lowest BCUT2D eigenvalue weighted by molar-refractivity contribution is 0.0965. The molecule has 0 saturated heterocycles. The minimum atomic E-state index is -0.623. The quantitative estimate of drug-likeness (QED) is 0.679. The van der Waals surface area contributed by atoms with Crippen molar-refractivity contribution in [1.29, 1.82) is 0 Å². The third kappa shape index (κ3) is 2.92. The molecular weight excluding hydrogens is 300 g/mol. The van der Waals surface area contributed by atoms with Gasteiger partial charge >= 0.3 is 5.76 Å². The van der Waals surface area contributed by atoms with E-state index in [4.69, 9.17) is 4.42 Å². The van der Waals surface area contributed by atoms with Gasteiger partial charge in [-0.3, -0.25) is 4.79 Å². The molecule has 3 aromatic rings. The van der Waals surface area contributed by atoms with Crippen LogP contribution in [0.1, 0.15) is 22.8 Å². The van der Waals surface area contributed by atoms with Crippen LogP contribution in [0.25, 0.3) is 10.8 Å². The van der Waals surface area contributed by atoms with Crippen LogP contribution in [0.15, 0.2) is 51.0 Å². The van der Waals surface area contributed by atoms with Gasteiger partial charge in [0, 0.05) is 5.56 Å². The lowest BCUT2D eigenvalue weighted by atomic mass is 10.1. The summed E-state index contributed by atoms with van der Waals surface area (Å²) < 4.78 is 6.15. The van der Waals surface area contributed by atoms with Crippen LogP contribution < -0.4 is 5.76 Å². The molecule has 1 aromatic carbocycles. The molecule has 6 heteroatoms. The van der Waals surface area contributed by atoms with E-state index in [0.29, 0.717) is 5.56 Å². The number of benzene rings is 1. The highest BCUT2D eigenvalue weighted by Gasteiger charge is 2.14.